The molecule has 4 aliphatic rings. The van der Waals surface area contributed by atoms with Gasteiger partial charge in [0.1, 0.15) is 24.1 Å². The van der Waals surface area contributed by atoms with Crippen LogP contribution in [-0.4, -0.2) is 109 Å². The number of anilines is 1. The van der Waals surface area contributed by atoms with Crippen LogP contribution in [0.2, 0.25) is 0 Å². The molecule has 0 bridgehead atoms. The number of oxazole rings is 1. The summed E-state index contributed by atoms with van der Waals surface area (Å²) in [6.07, 6.45) is 12.4. The van der Waals surface area contributed by atoms with Crippen LogP contribution in [0.15, 0.2) is 58.2 Å². The van der Waals surface area contributed by atoms with Crippen LogP contribution < -0.4 is 21.6 Å². The molecular formula is C49H64F2N10O8. The van der Waals surface area contributed by atoms with Gasteiger partial charge in [0.05, 0.1) is 22.8 Å². The minimum absolute atomic E-state index is 0.0798. The second kappa shape index (κ2) is 21.2. The molecule has 69 heavy (non-hydrogen) atoms. The van der Waals surface area contributed by atoms with Gasteiger partial charge in [-0.2, -0.15) is 5.10 Å². The van der Waals surface area contributed by atoms with Crippen molar-refractivity contribution >= 4 is 46.1 Å². The number of alkyl halides is 2. The highest BCUT2D eigenvalue weighted by Crippen LogP contribution is 2.36. The average Bonchev–Trinajstić information content (AvgIpc) is 3.67. The summed E-state index contributed by atoms with van der Waals surface area (Å²) in [5.74, 6) is -0.375. The van der Waals surface area contributed by atoms with Crippen molar-refractivity contribution in [2.75, 3.05) is 45.2 Å². The summed E-state index contributed by atoms with van der Waals surface area (Å²) in [5.41, 5.74) is 1.35. The van der Waals surface area contributed by atoms with E-state index in [2.05, 4.69) is 38.0 Å². The highest BCUT2D eigenvalue weighted by Gasteiger charge is 2.33. The predicted octanol–water partition coefficient (Wildman–Crippen LogP) is 6.87. The Kier molecular flexibility index (Phi) is 15.2. The van der Waals surface area contributed by atoms with E-state index in [4.69, 9.17) is 13.9 Å². The molecule has 1 saturated heterocycles. The SMILES string of the molecule is CN(CCCOCCCc1cccc2c1n(C)c(=O)n2C1CCC(=O)NC1=O)CC1CCC(n2cc(NC(=O)c3coc(C4=CC(NC(=O)OC(C)(C)C)N(CC5CC5)C=C4)n3)c(C(F)F)n2)CC1. The van der Waals surface area contributed by atoms with Crippen LogP contribution in [0.5, 0.6) is 0 Å². The number of hydrogen-bond acceptors (Lipinski definition) is 12. The zero-order chi connectivity index (χ0) is 49.0. The van der Waals surface area contributed by atoms with Gasteiger partial charge in [-0.15, -0.1) is 0 Å². The largest absolute Gasteiger partial charge is 0.444 e. The standard InChI is InChI=1S/C49H64F2N10O8/c1-49(2,3)69-47(65)54-39-25-33(20-22-59(39)27-31-12-13-31)46-53-36(29-68-46)44(63)52-35-28-60(56-41(35)43(50)51)34-16-14-30(15-17-34)26-57(4)21-8-24-67-23-7-10-32-9-6-11-37-42(32)58(5)48(66)61(37)38-18-19-40(62)55-45(38)64/h6,9,11,20,22,25,28-31,34,38-39,43H,7-8,10,12-19,21,23-24,26-27H2,1-5H3,(H,52,63)(H,54,65)(H,55,62,64). The van der Waals surface area contributed by atoms with Crippen molar-refractivity contribution in [2.24, 2.45) is 18.9 Å². The Morgan fingerprint density at radius 3 is 2.51 bits per heavy atom. The topological polar surface area (TPSA) is 200 Å². The van der Waals surface area contributed by atoms with Gasteiger partial charge in [-0.1, -0.05) is 12.1 Å². The number of benzene rings is 1. The minimum Gasteiger partial charge on any atom is -0.444 e. The summed E-state index contributed by atoms with van der Waals surface area (Å²) in [5, 5.41) is 12.1. The molecule has 2 unspecified atom stereocenters. The van der Waals surface area contributed by atoms with Crippen LogP contribution in [0.25, 0.3) is 16.6 Å². The van der Waals surface area contributed by atoms with Crippen LogP contribution in [0.4, 0.5) is 19.3 Å². The second-order valence-corrected chi connectivity index (χ2v) is 19.8. The number of nitrogens with one attached hydrogen (secondary N) is 3. The number of allylic oxidation sites excluding steroid dienone is 2. The normalized spacial score (nSPS) is 21.0. The van der Waals surface area contributed by atoms with Crippen LogP contribution >= 0.6 is 0 Å². The third-order valence-corrected chi connectivity index (χ3v) is 13.2. The number of carbonyl (C=O) groups excluding carboxylic acids is 4. The van der Waals surface area contributed by atoms with E-state index >= 15 is 0 Å². The molecule has 3 fully saturated rings. The van der Waals surface area contributed by atoms with Crippen LogP contribution in [0.3, 0.4) is 0 Å². The number of aryl methyl sites for hydroxylation is 2. The van der Waals surface area contributed by atoms with Gasteiger partial charge >= 0.3 is 11.8 Å². The molecule has 2 aliphatic carbocycles. The van der Waals surface area contributed by atoms with Crippen molar-refractivity contribution < 1.29 is 41.8 Å². The number of piperidine rings is 1. The molecular weight excluding hydrogens is 895 g/mol. The average molecular weight is 959 g/mol. The van der Waals surface area contributed by atoms with Gasteiger partial charge in [-0.3, -0.25) is 38.8 Å². The van der Waals surface area contributed by atoms with Gasteiger partial charge in [-0.25, -0.2) is 23.4 Å². The van der Waals surface area contributed by atoms with E-state index in [0.717, 1.165) is 82.1 Å². The monoisotopic (exact) mass is 958 g/mol. The predicted molar refractivity (Wildman–Crippen MR) is 252 cm³/mol. The number of rotatable bonds is 19. The quantitative estimate of drug-likeness (QED) is 0.0652. The van der Waals surface area contributed by atoms with Crippen LogP contribution in [0, 0.1) is 11.8 Å². The lowest BCUT2D eigenvalue weighted by Gasteiger charge is -2.32. The number of aromatic nitrogens is 5. The summed E-state index contributed by atoms with van der Waals surface area (Å²) >= 11 is 0. The molecule has 3 N–H and O–H groups in total. The lowest BCUT2D eigenvalue weighted by molar-refractivity contribution is -0.135. The molecule has 5 heterocycles. The first kappa shape index (κ1) is 49.3. The number of nitrogens with zero attached hydrogens (tertiary/aromatic N) is 7. The fourth-order valence-electron chi connectivity index (χ4n) is 9.58. The van der Waals surface area contributed by atoms with Gasteiger partial charge in [-0.05, 0) is 128 Å². The molecule has 0 radical (unpaired) electrons. The Balaban J connectivity index is 0.767. The highest BCUT2D eigenvalue weighted by molar-refractivity contribution is 6.03. The van der Waals surface area contributed by atoms with E-state index in [1.54, 1.807) is 49.2 Å². The first-order valence-corrected chi connectivity index (χ1v) is 24.1. The molecule has 4 aromatic rings. The number of carbonyl (C=O) groups is 4. The molecule has 0 spiro atoms. The summed E-state index contributed by atoms with van der Waals surface area (Å²) in [7, 11) is 3.80. The molecule has 2 atom stereocenters. The summed E-state index contributed by atoms with van der Waals surface area (Å²) in [6, 6.07) is 4.91. The zero-order valence-electron chi connectivity index (χ0n) is 40.0. The van der Waals surface area contributed by atoms with Crippen molar-refractivity contribution in [2.45, 2.75) is 122 Å². The summed E-state index contributed by atoms with van der Waals surface area (Å²) in [4.78, 5) is 72.3. The molecule has 2 aliphatic heterocycles. The Bertz CT molecular complexity index is 2630. The molecule has 4 amide bonds. The Labute approximate surface area is 399 Å². The number of imide groups is 1. The smallest absolute Gasteiger partial charge is 0.409 e. The number of amides is 4. The van der Waals surface area contributed by atoms with E-state index < -0.39 is 47.8 Å². The Morgan fingerprint density at radius 1 is 1.03 bits per heavy atom. The second-order valence-electron chi connectivity index (χ2n) is 19.8. The Hall–Kier alpha value is -6.15. The number of ether oxygens (including phenoxy) is 2. The molecule has 18 nitrogen and oxygen atoms in total. The van der Waals surface area contributed by atoms with E-state index in [1.165, 1.54) is 17.0 Å². The van der Waals surface area contributed by atoms with Crippen molar-refractivity contribution in [3.05, 3.63) is 82.3 Å². The van der Waals surface area contributed by atoms with Gasteiger partial charge in [0.25, 0.3) is 12.3 Å². The molecule has 8 rings (SSSR count). The minimum atomic E-state index is -2.91. The van der Waals surface area contributed by atoms with Crippen LogP contribution in [0.1, 0.15) is 131 Å². The third-order valence-electron chi connectivity index (χ3n) is 13.2. The number of alkyl carbamates (subject to hydrolysis) is 1. The van der Waals surface area contributed by atoms with E-state index in [1.807, 2.05) is 29.3 Å². The Morgan fingerprint density at radius 2 is 1.78 bits per heavy atom. The first-order valence-electron chi connectivity index (χ1n) is 24.1. The number of halogens is 2. The maximum Gasteiger partial charge on any atom is 0.409 e. The number of para-hydroxylation sites is 1. The highest BCUT2D eigenvalue weighted by atomic mass is 19.3. The molecule has 3 aromatic heterocycles. The van der Waals surface area contributed by atoms with Gasteiger partial charge in [0, 0.05) is 64.3 Å². The maximum absolute atomic E-state index is 14.3. The first-order chi connectivity index (χ1) is 33.0. The lowest BCUT2D eigenvalue weighted by Crippen LogP contribution is -2.48. The van der Waals surface area contributed by atoms with E-state index in [0.29, 0.717) is 42.6 Å². The molecule has 372 valence electrons. The fraction of sp³-hybridized carbons (Fsp3) is 0.571. The summed E-state index contributed by atoms with van der Waals surface area (Å²) in [6.45, 7) is 9.06. The van der Waals surface area contributed by atoms with E-state index in [9.17, 15) is 32.8 Å². The van der Waals surface area contributed by atoms with Crippen LogP contribution in [-0.2, 0) is 32.5 Å². The van der Waals surface area contributed by atoms with Gasteiger partial charge in [0.2, 0.25) is 17.7 Å². The van der Waals surface area contributed by atoms with Gasteiger partial charge in [0.15, 0.2) is 11.4 Å². The van der Waals surface area contributed by atoms with Crippen molar-refractivity contribution in [1.82, 2.24) is 44.3 Å². The van der Waals surface area contributed by atoms with Gasteiger partial charge < -0.3 is 29.0 Å². The van der Waals surface area contributed by atoms with Crippen molar-refractivity contribution in [1.29, 1.82) is 0 Å². The zero-order valence-corrected chi connectivity index (χ0v) is 40.0. The van der Waals surface area contributed by atoms with Crippen molar-refractivity contribution in [3.63, 3.8) is 0 Å². The third kappa shape index (κ3) is 12.2. The number of imidazole rings is 1. The lowest BCUT2D eigenvalue weighted by atomic mass is 9.86. The fourth-order valence-corrected chi connectivity index (χ4v) is 9.58. The molecule has 1 aromatic carbocycles. The molecule has 20 heteroatoms. The van der Waals surface area contributed by atoms with Crippen molar-refractivity contribution in [3.8, 4) is 0 Å². The maximum atomic E-state index is 14.3. The molecule has 2 saturated carbocycles. The summed E-state index contributed by atoms with van der Waals surface area (Å²) < 4.78 is 50.4. The number of fused-ring (bicyclic) bond motifs is 1. The van der Waals surface area contributed by atoms with E-state index in [-0.39, 0.29) is 47.8 Å². The number of hydrogen-bond donors (Lipinski definition) is 3.